The number of thioether (sulfide) groups is 1. The van der Waals surface area contributed by atoms with Crippen LogP contribution in [0.3, 0.4) is 0 Å². The second-order valence-electron chi connectivity index (χ2n) is 9.75. The third-order valence-corrected chi connectivity index (χ3v) is 8.65. The van der Waals surface area contributed by atoms with Crippen LogP contribution in [0.15, 0.2) is 132 Å². The number of nitrogens with one attached hydrogen (secondary N) is 3. The molecule has 0 bridgehead atoms. The van der Waals surface area contributed by atoms with Gasteiger partial charge >= 0.3 is 0 Å². The van der Waals surface area contributed by atoms with Crippen LogP contribution in [0, 0.1) is 0 Å². The molecule has 5 aromatic rings. The summed E-state index contributed by atoms with van der Waals surface area (Å²) in [7, 11) is 0. The number of halogens is 3. The second kappa shape index (κ2) is 15.6. The van der Waals surface area contributed by atoms with Crippen molar-refractivity contribution in [2.75, 3.05) is 10.6 Å². The van der Waals surface area contributed by atoms with Gasteiger partial charge in [-0.25, -0.2) is 4.98 Å². The van der Waals surface area contributed by atoms with E-state index in [4.69, 9.17) is 34.8 Å². The first-order valence-electron chi connectivity index (χ1n) is 13.8. The average molecular weight is 688 g/mol. The van der Waals surface area contributed by atoms with Crippen molar-refractivity contribution in [3.8, 4) is 0 Å². The topological polar surface area (TPSA) is 100 Å². The van der Waals surface area contributed by atoms with Crippen LogP contribution in [0.4, 0.5) is 11.5 Å². The van der Waals surface area contributed by atoms with Crippen LogP contribution in [0.25, 0.3) is 6.08 Å². The fourth-order valence-corrected chi connectivity index (χ4v) is 5.87. The summed E-state index contributed by atoms with van der Waals surface area (Å²) in [4.78, 5) is 44.8. The number of carbonyl (C=O) groups is 3. The number of benzene rings is 4. The van der Waals surface area contributed by atoms with Crippen LogP contribution in [-0.2, 0) is 9.59 Å². The molecule has 0 radical (unpaired) electrons. The van der Waals surface area contributed by atoms with Gasteiger partial charge in [0.2, 0.25) is 5.91 Å². The molecule has 0 saturated heterocycles. The lowest BCUT2D eigenvalue weighted by Crippen LogP contribution is -2.30. The molecule has 0 aliphatic rings. The molecule has 0 spiro atoms. The summed E-state index contributed by atoms with van der Waals surface area (Å²) in [6.07, 6.45) is 2.90. The van der Waals surface area contributed by atoms with E-state index < -0.39 is 17.1 Å². The van der Waals surface area contributed by atoms with Crippen molar-refractivity contribution >= 4 is 81.9 Å². The average Bonchev–Trinajstić information content (AvgIpc) is 3.07. The summed E-state index contributed by atoms with van der Waals surface area (Å²) in [6.45, 7) is 0. The SMILES string of the molecule is O=C(Nc1ccc(SC(C(=O)Nc2ccc(Cl)cn2)c2ccccc2)cc1)/C(=C/c1c(Cl)cccc1Cl)NC(=O)c1ccccc1. The fourth-order valence-electron chi connectivity index (χ4n) is 4.23. The van der Waals surface area contributed by atoms with Crippen LogP contribution in [0.5, 0.6) is 0 Å². The van der Waals surface area contributed by atoms with Crippen LogP contribution >= 0.6 is 46.6 Å². The molecule has 0 fully saturated rings. The first-order chi connectivity index (χ1) is 22.3. The van der Waals surface area contributed by atoms with Gasteiger partial charge in [-0.3, -0.25) is 14.4 Å². The first-order valence-corrected chi connectivity index (χ1v) is 15.9. The third kappa shape index (κ3) is 8.77. The van der Waals surface area contributed by atoms with E-state index in [-0.39, 0.29) is 11.6 Å². The fraction of sp³-hybridized carbons (Fsp3) is 0.0286. The maximum atomic E-state index is 13.5. The van der Waals surface area contributed by atoms with E-state index in [9.17, 15) is 14.4 Å². The van der Waals surface area contributed by atoms with E-state index in [1.807, 2.05) is 30.3 Å². The minimum Gasteiger partial charge on any atom is -0.321 e. The van der Waals surface area contributed by atoms with E-state index in [1.165, 1.54) is 24.0 Å². The maximum Gasteiger partial charge on any atom is 0.272 e. The number of nitrogens with zero attached hydrogens (tertiary/aromatic N) is 1. The third-order valence-electron chi connectivity index (χ3n) is 6.50. The molecule has 230 valence electrons. The van der Waals surface area contributed by atoms with Crippen LogP contribution in [0.2, 0.25) is 15.1 Å². The molecular formula is C35H25Cl3N4O3S. The monoisotopic (exact) mass is 686 g/mol. The lowest BCUT2D eigenvalue weighted by Gasteiger charge is -2.17. The summed E-state index contributed by atoms with van der Waals surface area (Å²) < 4.78 is 0. The number of amides is 3. The molecule has 3 N–H and O–H groups in total. The quantitative estimate of drug-likeness (QED) is 0.101. The van der Waals surface area contributed by atoms with Crippen molar-refractivity contribution in [2.24, 2.45) is 0 Å². The van der Waals surface area contributed by atoms with Gasteiger partial charge in [-0.2, -0.15) is 0 Å². The standard InChI is InChI=1S/C35H25Cl3N4O3S/c36-24-14-19-31(39-21-24)42-35(45)32(22-8-3-1-4-9-22)46-26-17-15-25(16-18-26)40-34(44)30(20-27-28(37)12-7-13-29(27)38)41-33(43)23-10-5-2-6-11-23/h1-21,32H,(H,40,44)(H,41,43)(H,39,42,45)/b30-20-. The number of hydrogen-bond donors (Lipinski definition) is 3. The van der Waals surface area contributed by atoms with Crippen molar-refractivity contribution in [2.45, 2.75) is 10.1 Å². The van der Waals surface area contributed by atoms with Gasteiger partial charge in [0.1, 0.15) is 16.8 Å². The van der Waals surface area contributed by atoms with Gasteiger partial charge < -0.3 is 16.0 Å². The lowest BCUT2D eigenvalue weighted by atomic mass is 10.1. The van der Waals surface area contributed by atoms with Crippen LogP contribution in [-0.4, -0.2) is 22.7 Å². The molecule has 11 heteroatoms. The Morgan fingerprint density at radius 2 is 1.37 bits per heavy atom. The molecule has 0 aliphatic heterocycles. The smallest absolute Gasteiger partial charge is 0.272 e. The molecular weight excluding hydrogens is 663 g/mol. The lowest BCUT2D eigenvalue weighted by molar-refractivity contribution is -0.116. The van der Waals surface area contributed by atoms with Gasteiger partial charge in [-0.15, -0.1) is 11.8 Å². The second-order valence-corrected chi connectivity index (χ2v) is 12.2. The zero-order chi connectivity index (χ0) is 32.5. The number of aromatic nitrogens is 1. The summed E-state index contributed by atoms with van der Waals surface area (Å²) >= 11 is 20.0. The number of rotatable bonds is 10. The number of hydrogen-bond acceptors (Lipinski definition) is 5. The number of carbonyl (C=O) groups excluding carboxylic acids is 3. The highest BCUT2D eigenvalue weighted by Crippen LogP contribution is 2.37. The number of pyridine rings is 1. The van der Waals surface area contributed by atoms with E-state index in [0.29, 0.717) is 37.7 Å². The zero-order valence-electron chi connectivity index (χ0n) is 23.9. The van der Waals surface area contributed by atoms with Gasteiger partial charge in [-0.05, 0) is 72.3 Å². The molecule has 1 unspecified atom stereocenters. The van der Waals surface area contributed by atoms with Gasteiger partial charge in [0, 0.05) is 38.0 Å². The van der Waals surface area contributed by atoms with E-state index in [0.717, 1.165) is 10.5 Å². The van der Waals surface area contributed by atoms with Gasteiger partial charge in [0.15, 0.2) is 0 Å². The highest BCUT2D eigenvalue weighted by Gasteiger charge is 2.23. The molecule has 1 heterocycles. The molecule has 3 amide bonds. The van der Waals surface area contributed by atoms with Crippen molar-refractivity contribution in [3.63, 3.8) is 0 Å². The summed E-state index contributed by atoms with van der Waals surface area (Å²) in [5, 5.41) is 8.84. The molecule has 0 saturated carbocycles. The van der Waals surface area contributed by atoms with Gasteiger partial charge in [0.05, 0.1) is 5.02 Å². The maximum absolute atomic E-state index is 13.5. The molecule has 5 rings (SSSR count). The van der Waals surface area contributed by atoms with Gasteiger partial charge in [0.25, 0.3) is 11.8 Å². The Balaban J connectivity index is 1.34. The van der Waals surface area contributed by atoms with Gasteiger partial charge in [-0.1, -0.05) is 89.4 Å². The van der Waals surface area contributed by atoms with Crippen molar-refractivity contribution in [1.29, 1.82) is 0 Å². The highest BCUT2D eigenvalue weighted by atomic mass is 35.5. The Hall–Kier alpha value is -4.60. The molecule has 4 aromatic carbocycles. The normalized spacial score (nSPS) is 11.8. The molecule has 7 nitrogen and oxygen atoms in total. The Morgan fingerprint density at radius 3 is 2.00 bits per heavy atom. The van der Waals surface area contributed by atoms with Crippen LogP contribution in [0.1, 0.15) is 26.7 Å². The largest absolute Gasteiger partial charge is 0.321 e. The Morgan fingerprint density at radius 1 is 0.717 bits per heavy atom. The Kier molecular flexibility index (Phi) is 11.1. The summed E-state index contributed by atoms with van der Waals surface area (Å²) in [5.41, 5.74) is 1.97. The highest BCUT2D eigenvalue weighted by molar-refractivity contribution is 8.00. The number of anilines is 2. The van der Waals surface area contributed by atoms with Crippen molar-refractivity contribution in [1.82, 2.24) is 10.3 Å². The predicted octanol–water partition coefficient (Wildman–Crippen LogP) is 8.92. The minimum atomic E-state index is -0.595. The minimum absolute atomic E-state index is 0.0565. The van der Waals surface area contributed by atoms with E-state index in [1.54, 1.807) is 84.9 Å². The Bertz CT molecular complexity index is 1850. The molecule has 1 aromatic heterocycles. The van der Waals surface area contributed by atoms with Crippen molar-refractivity contribution in [3.05, 3.63) is 159 Å². The van der Waals surface area contributed by atoms with Crippen LogP contribution < -0.4 is 16.0 Å². The molecule has 1 atom stereocenters. The molecule has 46 heavy (non-hydrogen) atoms. The molecule has 0 aliphatic carbocycles. The van der Waals surface area contributed by atoms with Crippen molar-refractivity contribution < 1.29 is 14.4 Å². The summed E-state index contributed by atoms with van der Waals surface area (Å²) in [5.74, 6) is -0.936. The summed E-state index contributed by atoms with van der Waals surface area (Å²) in [6, 6.07) is 33.1. The zero-order valence-corrected chi connectivity index (χ0v) is 27.0. The van der Waals surface area contributed by atoms with E-state index in [2.05, 4.69) is 20.9 Å². The predicted molar refractivity (Wildman–Crippen MR) is 186 cm³/mol. The first kappa shape index (κ1) is 32.8. The van der Waals surface area contributed by atoms with E-state index >= 15 is 0 Å². The Labute approximate surface area is 285 Å².